The molecule has 2 heterocycles. The molecular weight excluding hydrogens is 316 g/mol. The number of anilines is 1. The van der Waals surface area contributed by atoms with Gasteiger partial charge in [0.2, 0.25) is 5.91 Å². The van der Waals surface area contributed by atoms with Crippen LogP contribution in [0, 0.1) is 17.8 Å². The first-order valence-corrected chi connectivity index (χ1v) is 8.99. The third kappa shape index (κ3) is 3.78. The van der Waals surface area contributed by atoms with Crippen molar-refractivity contribution in [1.29, 1.82) is 0 Å². The summed E-state index contributed by atoms with van der Waals surface area (Å²) in [6, 6.07) is 3.26. The highest BCUT2D eigenvalue weighted by Crippen LogP contribution is 2.35. The lowest BCUT2D eigenvalue weighted by molar-refractivity contribution is -0.117. The van der Waals surface area contributed by atoms with Crippen LogP contribution in [0.3, 0.4) is 0 Å². The summed E-state index contributed by atoms with van der Waals surface area (Å²) in [5.41, 5.74) is 1.23. The van der Waals surface area contributed by atoms with E-state index in [0.717, 1.165) is 25.1 Å². The van der Waals surface area contributed by atoms with Crippen molar-refractivity contribution in [3.8, 4) is 0 Å². The first-order chi connectivity index (χ1) is 12.2. The van der Waals surface area contributed by atoms with Crippen LogP contribution in [0.15, 0.2) is 35.1 Å². The van der Waals surface area contributed by atoms with Gasteiger partial charge in [-0.2, -0.15) is 0 Å². The van der Waals surface area contributed by atoms with E-state index < -0.39 is 0 Å². The Hall–Kier alpha value is -2.50. The van der Waals surface area contributed by atoms with Gasteiger partial charge in [-0.3, -0.25) is 14.6 Å². The van der Waals surface area contributed by atoms with Crippen LogP contribution < -0.4 is 10.6 Å². The second-order valence-electron chi connectivity index (χ2n) is 7.12. The van der Waals surface area contributed by atoms with Crippen molar-refractivity contribution in [2.75, 3.05) is 11.9 Å². The fraction of sp³-hybridized carbons (Fsp3) is 0.474. The first-order valence-electron chi connectivity index (χ1n) is 8.99. The molecule has 0 radical (unpaired) electrons. The number of carbonyl (C=O) groups is 2. The van der Waals surface area contributed by atoms with Gasteiger partial charge in [0, 0.05) is 36.4 Å². The number of dihydropyridines is 1. The van der Waals surface area contributed by atoms with Crippen molar-refractivity contribution in [2.45, 2.75) is 32.1 Å². The highest BCUT2D eigenvalue weighted by molar-refractivity contribution is 6.00. The van der Waals surface area contributed by atoms with Crippen molar-refractivity contribution in [3.05, 3.63) is 35.7 Å². The van der Waals surface area contributed by atoms with E-state index in [0.29, 0.717) is 23.2 Å². The Morgan fingerprint density at radius 3 is 2.68 bits per heavy atom. The zero-order valence-electron chi connectivity index (χ0n) is 14.1. The van der Waals surface area contributed by atoms with Gasteiger partial charge in [0.1, 0.15) is 5.82 Å². The number of rotatable bonds is 5. The minimum absolute atomic E-state index is 0.0180. The van der Waals surface area contributed by atoms with E-state index in [1.165, 1.54) is 25.5 Å². The Bertz CT molecular complexity index is 748. The second kappa shape index (κ2) is 6.78. The molecule has 25 heavy (non-hydrogen) atoms. The van der Waals surface area contributed by atoms with Crippen LogP contribution in [-0.4, -0.2) is 29.6 Å². The van der Waals surface area contributed by atoms with Gasteiger partial charge in [0.25, 0.3) is 5.91 Å². The average molecular weight is 338 g/mol. The average Bonchev–Trinajstić information content (AvgIpc) is 3.39. The molecule has 130 valence electrons. The van der Waals surface area contributed by atoms with Crippen LogP contribution in [0.4, 0.5) is 5.82 Å². The topological polar surface area (TPSA) is 83.4 Å². The van der Waals surface area contributed by atoms with E-state index in [2.05, 4.69) is 26.7 Å². The molecule has 3 aliphatic rings. The standard InChI is InChI=1S/C19H22N4O2/c24-18(13-4-5-13)23-17-9-14(6-7-21-17)19(25)22-16-8-15(10-20-11-16)12-2-1-3-12/h6-9,11-13,15H,1-5,10H2,(H,22,25)(H,21,23,24). The second-order valence-corrected chi connectivity index (χ2v) is 7.12. The normalized spacial score (nSPS) is 22.7. The van der Waals surface area contributed by atoms with Gasteiger partial charge >= 0.3 is 0 Å². The third-order valence-electron chi connectivity index (χ3n) is 5.17. The van der Waals surface area contributed by atoms with E-state index in [1.54, 1.807) is 18.3 Å². The summed E-state index contributed by atoms with van der Waals surface area (Å²) in [6.07, 6.45) is 11.1. The summed E-state index contributed by atoms with van der Waals surface area (Å²) < 4.78 is 0. The maximum Gasteiger partial charge on any atom is 0.255 e. The maximum atomic E-state index is 12.5. The zero-order valence-corrected chi connectivity index (χ0v) is 14.1. The first kappa shape index (κ1) is 16.0. The number of hydrogen-bond acceptors (Lipinski definition) is 4. The molecule has 1 aromatic heterocycles. The lowest BCUT2D eigenvalue weighted by Gasteiger charge is -2.32. The Morgan fingerprint density at radius 1 is 1.12 bits per heavy atom. The molecule has 1 unspecified atom stereocenters. The molecule has 2 amide bonds. The highest BCUT2D eigenvalue weighted by Gasteiger charge is 2.30. The fourth-order valence-corrected chi connectivity index (χ4v) is 3.24. The number of hydrogen-bond donors (Lipinski definition) is 2. The molecule has 0 bridgehead atoms. The number of allylic oxidation sites excluding steroid dienone is 1. The molecule has 2 N–H and O–H groups in total. The molecule has 1 aromatic rings. The van der Waals surface area contributed by atoms with Crippen molar-refractivity contribution in [1.82, 2.24) is 10.3 Å². The lowest BCUT2D eigenvalue weighted by atomic mass is 9.75. The number of aliphatic imine (C=N–C) groups is 1. The zero-order chi connectivity index (χ0) is 17.2. The van der Waals surface area contributed by atoms with Crippen LogP contribution in [0.5, 0.6) is 0 Å². The molecular formula is C19H22N4O2. The maximum absolute atomic E-state index is 12.5. The number of aromatic nitrogens is 1. The van der Waals surface area contributed by atoms with Crippen molar-refractivity contribution in [2.24, 2.45) is 22.7 Å². The van der Waals surface area contributed by atoms with Crippen LogP contribution in [0.25, 0.3) is 0 Å². The molecule has 0 saturated heterocycles. The van der Waals surface area contributed by atoms with Crippen molar-refractivity contribution in [3.63, 3.8) is 0 Å². The third-order valence-corrected chi connectivity index (χ3v) is 5.17. The van der Waals surface area contributed by atoms with Crippen LogP contribution in [0.2, 0.25) is 0 Å². The van der Waals surface area contributed by atoms with Gasteiger partial charge in [0.15, 0.2) is 0 Å². The van der Waals surface area contributed by atoms with Crippen molar-refractivity contribution >= 4 is 23.8 Å². The predicted octanol–water partition coefficient (Wildman–Crippen LogP) is 2.54. The number of nitrogens with one attached hydrogen (secondary N) is 2. The molecule has 0 spiro atoms. The Labute approximate surface area is 146 Å². The van der Waals surface area contributed by atoms with Crippen LogP contribution >= 0.6 is 0 Å². The molecule has 1 aliphatic heterocycles. The summed E-state index contributed by atoms with van der Waals surface area (Å²) in [6.45, 7) is 0.816. The fourth-order valence-electron chi connectivity index (χ4n) is 3.24. The van der Waals surface area contributed by atoms with Crippen molar-refractivity contribution < 1.29 is 9.59 Å². The summed E-state index contributed by atoms with van der Waals surface area (Å²) in [5.74, 6) is 1.43. The van der Waals surface area contributed by atoms with Gasteiger partial charge in [-0.05, 0) is 43.7 Å². The van der Waals surface area contributed by atoms with E-state index in [1.807, 2.05) is 0 Å². The molecule has 4 rings (SSSR count). The lowest BCUT2D eigenvalue weighted by Crippen LogP contribution is -2.30. The van der Waals surface area contributed by atoms with Gasteiger partial charge in [-0.1, -0.05) is 12.5 Å². The van der Waals surface area contributed by atoms with Gasteiger partial charge < -0.3 is 10.6 Å². The summed E-state index contributed by atoms with van der Waals surface area (Å²) >= 11 is 0. The monoisotopic (exact) mass is 338 g/mol. The minimum atomic E-state index is -0.212. The van der Waals surface area contributed by atoms with Gasteiger partial charge in [-0.15, -0.1) is 0 Å². The largest absolute Gasteiger partial charge is 0.321 e. The Morgan fingerprint density at radius 2 is 1.96 bits per heavy atom. The van der Waals surface area contributed by atoms with Crippen LogP contribution in [0.1, 0.15) is 42.5 Å². The molecule has 0 aromatic carbocycles. The Balaban J connectivity index is 1.41. The highest BCUT2D eigenvalue weighted by atomic mass is 16.2. The molecule has 2 aliphatic carbocycles. The van der Waals surface area contributed by atoms with E-state index in [-0.39, 0.29) is 17.7 Å². The quantitative estimate of drug-likeness (QED) is 0.865. The van der Waals surface area contributed by atoms with E-state index in [4.69, 9.17) is 0 Å². The number of pyridine rings is 1. The SMILES string of the molecule is O=C(NC1=CC(C2CCC2)CN=C1)c1ccnc(NC(=O)C2CC2)c1. The van der Waals surface area contributed by atoms with Gasteiger partial charge in [-0.25, -0.2) is 4.98 Å². The Kier molecular flexibility index (Phi) is 4.34. The minimum Gasteiger partial charge on any atom is -0.321 e. The van der Waals surface area contributed by atoms with Crippen LogP contribution in [-0.2, 0) is 4.79 Å². The van der Waals surface area contributed by atoms with Gasteiger partial charge in [0.05, 0.1) is 5.70 Å². The number of nitrogens with zero attached hydrogens (tertiary/aromatic N) is 2. The smallest absolute Gasteiger partial charge is 0.255 e. The van der Waals surface area contributed by atoms with E-state index >= 15 is 0 Å². The molecule has 6 heteroatoms. The molecule has 6 nitrogen and oxygen atoms in total. The molecule has 2 fully saturated rings. The molecule has 1 atom stereocenters. The molecule has 2 saturated carbocycles. The summed E-state index contributed by atoms with van der Waals surface area (Å²) in [5, 5.41) is 5.69. The predicted molar refractivity (Wildman–Crippen MR) is 95.3 cm³/mol. The van der Waals surface area contributed by atoms with E-state index in [9.17, 15) is 9.59 Å². The number of carbonyl (C=O) groups excluding carboxylic acids is 2. The summed E-state index contributed by atoms with van der Waals surface area (Å²) in [4.78, 5) is 32.8. The summed E-state index contributed by atoms with van der Waals surface area (Å²) in [7, 11) is 0. The number of amides is 2.